The summed E-state index contributed by atoms with van der Waals surface area (Å²) in [6.07, 6.45) is 0.218. The molecule has 1 aliphatic heterocycles. The fourth-order valence-electron chi connectivity index (χ4n) is 1.79. The second kappa shape index (κ2) is 4.21. The van der Waals surface area contributed by atoms with Crippen molar-refractivity contribution in [3.05, 3.63) is 29.3 Å². The average molecular weight is 241 g/mol. The smallest absolute Gasteiger partial charge is 0.299 e. The van der Waals surface area contributed by atoms with Gasteiger partial charge < -0.3 is 10.0 Å². The first kappa shape index (κ1) is 11.7. The number of anilines is 1. The Hall–Kier alpha value is -1.82. The number of fused-ring (bicyclic) bond motifs is 1. The zero-order valence-corrected chi connectivity index (χ0v) is 8.74. The first-order valence-corrected chi connectivity index (χ1v) is 5.02. The van der Waals surface area contributed by atoms with E-state index in [9.17, 15) is 18.4 Å². The molecule has 1 heterocycles. The number of aliphatic hydroxyl groups excluding tert-OH is 1. The van der Waals surface area contributed by atoms with Crippen LogP contribution in [0.15, 0.2) is 12.1 Å². The van der Waals surface area contributed by atoms with Crippen molar-refractivity contribution in [3.63, 3.8) is 0 Å². The van der Waals surface area contributed by atoms with Gasteiger partial charge in [-0.05, 0) is 12.5 Å². The Morgan fingerprint density at radius 1 is 1.24 bits per heavy atom. The minimum Gasteiger partial charge on any atom is -0.396 e. The molecule has 0 bridgehead atoms. The topological polar surface area (TPSA) is 57.6 Å². The van der Waals surface area contributed by atoms with Gasteiger partial charge in [-0.3, -0.25) is 9.59 Å². The van der Waals surface area contributed by atoms with Gasteiger partial charge in [-0.1, -0.05) is 0 Å². The van der Waals surface area contributed by atoms with E-state index in [1.165, 1.54) is 0 Å². The van der Waals surface area contributed by atoms with E-state index in [0.29, 0.717) is 6.07 Å². The number of aliphatic hydroxyl groups is 1. The van der Waals surface area contributed by atoms with Crippen LogP contribution in [-0.4, -0.2) is 29.9 Å². The number of ketones is 1. The molecule has 1 N–H and O–H groups in total. The fourth-order valence-corrected chi connectivity index (χ4v) is 1.79. The Balaban J connectivity index is 2.48. The number of Topliss-reactive ketones (excluding diaryl/α,β-unsaturated/α-hetero) is 1. The summed E-state index contributed by atoms with van der Waals surface area (Å²) < 4.78 is 26.5. The van der Waals surface area contributed by atoms with Gasteiger partial charge >= 0.3 is 0 Å². The SMILES string of the molecule is O=C1C(=O)N(CCCO)c2c(F)cc(F)cc21. The lowest BCUT2D eigenvalue weighted by Gasteiger charge is -2.16. The number of benzene rings is 1. The minimum atomic E-state index is -0.947. The zero-order valence-electron chi connectivity index (χ0n) is 8.74. The van der Waals surface area contributed by atoms with Gasteiger partial charge in [0.05, 0.1) is 11.3 Å². The van der Waals surface area contributed by atoms with Gasteiger partial charge in [0.15, 0.2) is 5.82 Å². The van der Waals surface area contributed by atoms with Crippen LogP contribution >= 0.6 is 0 Å². The highest BCUT2D eigenvalue weighted by Gasteiger charge is 2.38. The van der Waals surface area contributed by atoms with Gasteiger partial charge in [0.25, 0.3) is 11.7 Å². The summed E-state index contributed by atoms with van der Waals surface area (Å²) in [6, 6.07) is 1.47. The quantitative estimate of drug-likeness (QED) is 0.799. The summed E-state index contributed by atoms with van der Waals surface area (Å²) in [7, 11) is 0. The number of rotatable bonds is 3. The molecule has 1 aromatic carbocycles. The van der Waals surface area contributed by atoms with E-state index in [1.54, 1.807) is 0 Å². The maximum atomic E-state index is 13.5. The van der Waals surface area contributed by atoms with Gasteiger partial charge in [-0.2, -0.15) is 0 Å². The molecule has 1 amide bonds. The maximum Gasteiger partial charge on any atom is 0.299 e. The van der Waals surface area contributed by atoms with Crippen molar-refractivity contribution in [3.8, 4) is 0 Å². The molecule has 2 rings (SSSR count). The molecule has 90 valence electrons. The lowest BCUT2D eigenvalue weighted by atomic mass is 10.1. The van der Waals surface area contributed by atoms with Crippen molar-refractivity contribution in [2.45, 2.75) is 6.42 Å². The van der Waals surface area contributed by atoms with E-state index < -0.39 is 23.3 Å². The monoisotopic (exact) mass is 241 g/mol. The molecule has 0 aromatic heterocycles. The zero-order chi connectivity index (χ0) is 12.6. The van der Waals surface area contributed by atoms with Crippen LogP contribution in [0.25, 0.3) is 0 Å². The van der Waals surface area contributed by atoms with Crippen LogP contribution in [0.4, 0.5) is 14.5 Å². The van der Waals surface area contributed by atoms with E-state index in [2.05, 4.69) is 0 Å². The number of carbonyl (C=O) groups excluding carboxylic acids is 2. The van der Waals surface area contributed by atoms with Crippen LogP contribution in [-0.2, 0) is 4.79 Å². The molecule has 6 heteroatoms. The van der Waals surface area contributed by atoms with E-state index >= 15 is 0 Å². The number of hydrogen-bond acceptors (Lipinski definition) is 3. The summed E-state index contributed by atoms with van der Waals surface area (Å²) in [5.41, 5.74) is -0.458. The van der Waals surface area contributed by atoms with Crippen molar-refractivity contribution in [2.24, 2.45) is 0 Å². The van der Waals surface area contributed by atoms with Gasteiger partial charge in [0.1, 0.15) is 5.82 Å². The molecule has 0 radical (unpaired) electrons. The molecule has 0 saturated carbocycles. The van der Waals surface area contributed by atoms with Crippen LogP contribution in [0.5, 0.6) is 0 Å². The van der Waals surface area contributed by atoms with Gasteiger partial charge in [-0.15, -0.1) is 0 Å². The lowest BCUT2D eigenvalue weighted by molar-refractivity contribution is -0.114. The molecular formula is C11H9F2NO3. The molecule has 0 atom stereocenters. The Labute approximate surface area is 95.5 Å². The number of carbonyl (C=O) groups is 2. The molecule has 0 saturated heterocycles. The second-order valence-electron chi connectivity index (χ2n) is 3.65. The van der Waals surface area contributed by atoms with Crippen LogP contribution < -0.4 is 4.90 Å². The van der Waals surface area contributed by atoms with Crippen LogP contribution in [0, 0.1) is 11.6 Å². The third-order valence-corrected chi connectivity index (χ3v) is 2.52. The highest BCUT2D eigenvalue weighted by molar-refractivity contribution is 6.52. The largest absolute Gasteiger partial charge is 0.396 e. The van der Waals surface area contributed by atoms with Crippen molar-refractivity contribution in [1.29, 1.82) is 0 Å². The predicted molar refractivity (Wildman–Crippen MR) is 54.7 cm³/mol. The van der Waals surface area contributed by atoms with Crippen molar-refractivity contribution < 1.29 is 23.5 Å². The average Bonchev–Trinajstić information content (AvgIpc) is 2.51. The van der Waals surface area contributed by atoms with Crippen LogP contribution in [0.3, 0.4) is 0 Å². The highest BCUT2D eigenvalue weighted by Crippen LogP contribution is 2.32. The van der Waals surface area contributed by atoms with E-state index in [1.807, 2.05) is 0 Å². The summed E-state index contributed by atoms with van der Waals surface area (Å²) in [5, 5.41) is 8.66. The van der Waals surface area contributed by atoms with Crippen LogP contribution in [0.1, 0.15) is 16.8 Å². The first-order chi connectivity index (χ1) is 8.06. The predicted octanol–water partition coefficient (Wildman–Crippen LogP) is 0.877. The molecule has 1 aromatic rings. The standard InChI is InChI=1S/C11H9F2NO3/c12-6-4-7-9(8(13)5-6)14(2-1-3-15)11(17)10(7)16/h4-5,15H,1-3H2. The van der Waals surface area contributed by atoms with E-state index in [0.717, 1.165) is 11.0 Å². The van der Waals surface area contributed by atoms with Crippen molar-refractivity contribution >= 4 is 17.4 Å². The third kappa shape index (κ3) is 1.80. The molecule has 0 unspecified atom stereocenters. The first-order valence-electron chi connectivity index (χ1n) is 5.02. The lowest BCUT2D eigenvalue weighted by Crippen LogP contribution is -2.31. The van der Waals surface area contributed by atoms with Crippen LogP contribution in [0.2, 0.25) is 0 Å². The van der Waals surface area contributed by atoms with E-state index in [-0.39, 0.29) is 30.8 Å². The molecule has 17 heavy (non-hydrogen) atoms. The summed E-state index contributed by atoms with van der Waals surface area (Å²) in [5.74, 6) is -3.65. The number of amides is 1. The normalized spacial score (nSPS) is 14.4. The van der Waals surface area contributed by atoms with Gasteiger partial charge in [0.2, 0.25) is 0 Å². The second-order valence-corrected chi connectivity index (χ2v) is 3.65. The van der Waals surface area contributed by atoms with Crippen molar-refractivity contribution in [1.82, 2.24) is 0 Å². The number of hydrogen-bond donors (Lipinski definition) is 1. The molecule has 1 aliphatic rings. The molecule has 0 spiro atoms. The van der Waals surface area contributed by atoms with Crippen molar-refractivity contribution in [2.75, 3.05) is 18.1 Å². The van der Waals surface area contributed by atoms with Gasteiger partial charge in [0, 0.05) is 19.2 Å². The molecule has 0 aliphatic carbocycles. The fraction of sp³-hybridized carbons (Fsp3) is 0.273. The summed E-state index contributed by atoms with van der Waals surface area (Å²) in [4.78, 5) is 24.0. The minimum absolute atomic E-state index is 0.0244. The Kier molecular flexibility index (Phi) is 2.89. The summed E-state index contributed by atoms with van der Waals surface area (Å²) >= 11 is 0. The third-order valence-electron chi connectivity index (χ3n) is 2.52. The maximum absolute atomic E-state index is 13.5. The summed E-state index contributed by atoms with van der Waals surface area (Å²) in [6.45, 7) is -0.160. The Morgan fingerprint density at radius 3 is 2.59 bits per heavy atom. The molecule has 0 fully saturated rings. The number of nitrogens with zero attached hydrogens (tertiary/aromatic N) is 1. The van der Waals surface area contributed by atoms with E-state index in [4.69, 9.17) is 5.11 Å². The highest BCUT2D eigenvalue weighted by atomic mass is 19.1. The molecular weight excluding hydrogens is 232 g/mol. The molecule has 4 nitrogen and oxygen atoms in total. The van der Waals surface area contributed by atoms with Gasteiger partial charge in [-0.25, -0.2) is 8.78 Å². The number of halogens is 2. The Morgan fingerprint density at radius 2 is 1.94 bits per heavy atom. The Bertz CT molecular complexity index is 502.